The highest BCUT2D eigenvalue weighted by atomic mass is 79.9. The molecule has 0 bridgehead atoms. The van der Waals surface area contributed by atoms with E-state index >= 15 is 4.39 Å². The van der Waals surface area contributed by atoms with E-state index < -0.39 is 53.4 Å². The molecule has 1 amide bonds. The molecule has 2 saturated carbocycles. The molecule has 392 valence electrons. The molecule has 0 radical (unpaired) electrons. The molecule has 3 N–H and O–H groups in total. The van der Waals surface area contributed by atoms with Crippen molar-refractivity contribution in [3.05, 3.63) is 152 Å². The van der Waals surface area contributed by atoms with Crippen LogP contribution in [0.3, 0.4) is 0 Å². The number of alkyl carbamates (subject to hydrolysis) is 1. The standard InChI is InChI=1S/C27H25FN4OS.C23H25BrF2N4O3S.C8H6/c1-27(28)14-7-10-21(29)20(27)16-23(33)26-31-25(19-17-30-32-15-6-5-11-22(19)32)24(34-26)13-12-18-8-3-2-4-9-18;1-22(2,3)33-21(32)28-15-7-6-9-23(25,26)14(15)11-17(31)20-29-18(19(24)34-20)13-12-27-30-10-5-4-8-16(13)30;1-2-8-6-4-3-5-7-8/h2-6,8-9,11,15,17,20-21H,7,10,14,16,29H2,1H3;4-5,8,10,12,14-15H,6-7,9,11H2,1-3H3,(H,28,32);1,3-7H/t20?,21-,27?;14?,15-;/m11./s1. The minimum atomic E-state index is -3.09. The second kappa shape index (κ2) is 23.9. The average molecular weight is 1130 g/mol. The van der Waals surface area contributed by atoms with Gasteiger partial charge in [0.2, 0.25) is 0 Å². The largest absolute Gasteiger partial charge is 0.444 e. The number of fused-ring (bicyclic) bond motifs is 2. The number of ether oxygens (including phenoxy) is 1. The van der Waals surface area contributed by atoms with E-state index in [1.54, 1.807) is 55.3 Å². The summed E-state index contributed by atoms with van der Waals surface area (Å²) in [5.74, 6) is 3.27. The van der Waals surface area contributed by atoms with Crippen LogP contribution in [0.4, 0.5) is 18.0 Å². The van der Waals surface area contributed by atoms with Crippen molar-refractivity contribution >= 4 is 67.3 Å². The van der Waals surface area contributed by atoms with Crippen molar-refractivity contribution in [1.82, 2.24) is 34.5 Å². The van der Waals surface area contributed by atoms with Crippen molar-refractivity contribution in [3.63, 3.8) is 0 Å². The van der Waals surface area contributed by atoms with E-state index in [9.17, 15) is 23.2 Å². The zero-order valence-electron chi connectivity index (χ0n) is 42.3. The highest BCUT2D eigenvalue weighted by Crippen LogP contribution is 2.43. The van der Waals surface area contributed by atoms with E-state index in [0.29, 0.717) is 37.9 Å². The molecule has 2 aliphatic rings. The molecule has 6 heterocycles. The van der Waals surface area contributed by atoms with Gasteiger partial charge in [-0.05, 0) is 130 Å². The van der Waals surface area contributed by atoms with Crippen molar-refractivity contribution in [2.45, 2.75) is 108 Å². The summed E-state index contributed by atoms with van der Waals surface area (Å²) < 4.78 is 54.3. The number of alkyl halides is 3. The molecule has 2 aliphatic carbocycles. The van der Waals surface area contributed by atoms with Gasteiger partial charge in [-0.1, -0.05) is 60.4 Å². The Hall–Kier alpha value is -6.96. The Morgan fingerprint density at radius 1 is 0.763 bits per heavy atom. The molecule has 0 saturated heterocycles. The number of nitrogens with zero attached hydrogens (tertiary/aromatic N) is 6. The highest BCUT2D eigenvalue weighted by Gasteiger charge is 2.49. The molecule has 5 atom stereocenters. The highest BCUT2D eigenvalue weighted by molar-refractivity contribution is 9.11. The quantitative estimate of drug-likeness (QED) is 0.106. The van der Waals surface area contributed by atoms with Gasteiger partial charge in [-0.25, -0.2) is 37.0 Å². The molecular weight excluding hydrogens is 1070 g/mol. The topological polar surface area (TPSA) is 159 Å². The number of terminal acetylenes is 1. The molecule has 0 aliphatic heterocycles. The molecule has 6 aromatic heterocycles. The maximum absolute atomic E-state index is 15.2. The number of rotatable bonds is 9. The number of hydrogen-bond donors (Lipinski definition) is 2. The van der Waals surface area contributed by atoms with Crippen LogP contribution in [0.15, 0.2) is 126 Å². The van der Waals surface area contributed by atoms with Crippen LogP contribution in [-0.4, -0.2) is 76.1 Å². The second-order valence-corrected chi connectivity index (χ2v) is 23.2. The van der Waals surface area contributed by atoms with E-state index in [1.165, 1.54) is 11.3 Å². The number of nitrogens with two attached hydrogens (primary N) is 1. The Labute approximate surface area is 455 Å². The Kier molecular flexibility index (Phi) is 17.4. The molecule has 8 aromatic rings. The molecule has 2 aromatic carbocycles. The molecule has 3 unspecified atom stereocenters. The molecule has 2 fully saturated rings. The number of ketones is 2. The second-order valence-electron chi connectivity index (χ2n) is 19.8. The van der Waals surface area contributed by atoms with Gasteiger partial charge in [0.1, 0.15) is 27.5 Å². The fraction of sp³-hybridized carbons (Fsp3) is 0.328. The van der Waals surface area contributed by atoms with Gasteiger partial charge >= 0.3 is 6.09 Å². The monoisotopic (exact) mass is 1130 g/mol. The predicted octanol–water partition coefficient (Wildman–Crippen LogP) is 13.1. The van der Waals surface area contributed by atoms with Gasteiger partial charge in [0.15, 0.2) is 21.6 Å². The smallest absolute Gasteiger partial charge is 0.407 e. The van der Waals surface area contributed by atoms with Crippen molar-refractivity contribution in [1.29, 1.82) is 0 Å². The fourth-order valence-corrected chi connectivity index (χ4v) is 11.7. The number of nitrogens with one attached hydrogen (secondary N) is 1. The number of carbonyl (C=O) groups excluding carboxylic acids is 3. The predicted molar refractivity (Wildman–Crippen MR) is 295 cm³/mol. The number of pyridine rings is 2. The van der Waals surface area contributed by atoms with Crippen molar-refractivity contribution in [3.8, 4) is 46.7 Å². The van der Waals surface area contributed by atoms with Crippen LogP contribution in [0.2, 0.25) is 0 Å². The van der Waals surface area contributed by atoms with E-state index in [4.69, 9.17) is 21.9 Å². The first-order valence-electron chi connectivity index (χ1n) is 24.8. The number of halogens is 4. The first-order valence-corrected chi connectivity index (χ1v) is 27.2. The lowest BCUT2D eigenvalue weighted by molar-refractivity contribution is -0.0973. The van der Waals surface area contributed by atoms with Crippen LogP contribution in [0.1, 0.15) is 115 Å². The minimum absolute atomic E-state index is 0.0431. The zero-order chi connectivity index (χ0) is 54.2. The number of carbonyl (C=O) groups is 3. The van der Waals surface area contributed by atoms with Crippen LogP contribution in [0, 0.1) is 36.0 Å². The Bertz CT molecular complexity index is 3440. The third-order valence-electron chi connectivity index (χ3n) is 13.1. The van der Waals surface area contributed by atoms with E-state index in [-0.39, 0.29) is 36.1 Å². The van der Waals surface area contributed by atoms with Gasteiger partial charge in [0, 0.05) is 71.9 Å². The molecule has 10 rings (SSSR count). The molecule has 18 heteroatoms. The summed E-state index contributed by atoms with van der Waals surface area (Å²) in [5.41, 5.74) is 10.2. The van der Waals surface area contributed by atoms with Crippen LogP contribution >= 0.6 is 38.6 Å². The Morgan fingerprint density at radius 2 is 1.30 bits per heavy atom. The van der Waals surface area contributed by atoms with Gasteiger partial charge in [-0.15, -0.1) is 29.1 Å². The first kappa shape index (κ1) is 55.3. The van der Waals surface area contributed by atoms with Gasteiger partial charge in [0.25, 0.3) is 5.92 Å². The first-order chi connectivity index (χ1) is 36.3. The van der Waals surface area contributed by atoms with Gasteiger partial charge in [-0.3, -0.25) is 9.59 Å². The fourth-order valence-electron chi connectivity index (χ4n) is 9.33. The lowest BCUT2D eigenvalue weighted by Crippen LogP contribution is -2.52. The SMILES string of the molecule is C#Cc1ccccc1.CC(C)(C)OC(=O)N[C@@H]1CCCC(F)(F)C1CC(=O)c1nc(-c2cnn3ccccc23)c(Br)s1.CC1(F)CCC[C@@H](N)C1CC(=O)c1nc(-c2cnn3ccccc23)c(C#Cc2ccccc2)s1. The number of benzene rings is 2. The number of aromatic nitrogens is 6. The van der Waals surface area contributed by atoms with Crippen molar-refractivity contribution in [2.24, 2.45) is 17.6 Å². The summed E-state index contributed by atoms with van der Waals surface area (Å²) in [6, 6.07) is 29.4. The van der Waals surface area contributed by atoms with Crippen LogP contribution in [-0.2, 0) is 4.74 Å². The van der Waals surface area contributed by atoms with Crippen molar-refractivity contribution in [2.75, 3.05) is 0 Å². The number of amides is 1. The summed E-state index contributed by atoms with van der Waals surface area (Å²) >= 11 is 5.81. The maximum atomic E-state index is 15.2. The third-order valence-corrected chi connectivity index (χ3v) is 15.9. The zero-order valence-corrected chi connectivity index (χ0v) is 45.5. The van der Waals surface area contributed by atoms with Crippen molar-refractivity contribution < 1.29 is 32.3 Å². The third kappa shape index (κ3) is 13.5. The average Bonchev–Trinajstić information content (AvgIpc) is 4.21. The van der Waals surface area contributed by atoms with Crippen LogP contribution in [0.5, 0.6) is 0 Å². The van der Waals surface area contributed by atoms with Gasteiger partial charge in [-0.2, -0.15) is 10.2 Å². The number of Topliss-reactive ketones (excluding diaryl/α,β-unsaturated/α-hetero) is 2. The summed E-state index contributed by atoms with van der Waals surface area (Å²) in [7, 11) is 0. The number of hydrogen-bond acceptors (Lipinski definition) is 11. The summed E-state index contributed by atoms with van der Waals surface area (Å²) in [6.07, 6.45) is 13.2. The number of thiazole rings is 2. The normalized spacial score (nSPS) is 19.9. The lowest BCUT2D eigenvalue weighted by Gasteiger charge is -2.38. The lowest BCUT2D eigenvalue weighted by atomic mass is 9.72. The van der Waals surface area contributed by atoms with E-state index in [2.05, 4.69) is 54.2 Å². The minimum Gasteiger partial charge on any atom is -0.444 e. The molecule has 0 spiro atoms. The Balaban J connectivity index is 0.000000176. The van der Waals surface area contributed by atoms with E-state index in [0.717, 1.165) is 57.5 Å². The molecular formula is C58H56BrF3N8O4S2. The summed E-state index contributed by atoms with van der Waals surface area (Å²) in [5, 5.41) is 11.7. The summed E-state index contributed by atoms with van der Waals surface area (Å²) in [4.78, 5) is 48.4. The summed E-state index contributed by atoms with van der Waals surface area (Å²) in [6.45, 7) is 6.66. The Morgan fingerprint density at radius 3 is 1.88 bits per heavy atom. The van der Waals surface area contributed by atoms with E-state index in [1.807, 2.05) is 103 Å². The van der Waals surface area contributed by atoms with Crippen LogP contribution in [0.25, 0.3) is 33.5 Å². The van der Waals surface area contributed by atoms with Gasteiger partial charge < -0.3 is 15.8 Å². The van der Waals surface area contributed by atoms with Crippen LogP contribution < -0.4 is 11.1 Å². The maximum Gasteiger partial charge on any atom is 0.407 e. The molecule has 12 nitrogen and oxygen atoms in total. The van der Waals surface area contributed by atoms with Gasteiger partial charge in [0.05, 0.1) is 33.1 Å². The molecule has 76 heavy (non-hydrogen) atoms.